The number of likely N-dealkylation sites (N-methyl/N-ethyl adjacent to an activating group) is 2. The molecule has 0 N–H and O–H groups in total. The van der Waals surface area contributed by atoms with Crippen LogP contribution in [0.1, 0.15) is 36.1 Å². The Bertz CT molecular complexity index is 1150. The van der Waals surface area contributed by atoms with Crippen LogP contribution in [-0.2, 0) is 20.6 Å². The molecule has 1 heterocycles. The molecule has 4 aromatic rings. The highest BCUT2D eigenvalue weighted by molar-refractivity contribution is 5.46. The SMILES string of the molecule is CN(C)C(c1ccccc1)(c1ccccc1)[C@@H]1OC(C)(C)O[C@H]1C(c1ccccc1)(c1ccccc1)N(C)C. The van der Waals surface area contributed by atoms with E-state index in [1.165, 1.54) is 0 Å². The number of hydrogen-bond acceptors (Lipinski definition) is 4. The lowest BCUT2D eigenvalue weighted by Crippen LogP contribution is -2.63. The lowest BCUT2D eigenvalue weighted by Gasteiger charge is -2.52. The molecule has 1 fully saturated rings. The van der Waals surface area contributed by atoms with Crippen LogP contribution in [-0.4, -0.2) is 56.0 Å². The molecule has 0 bridgehead atoms. The molecule has 39 heavy (non-hydrogen) atoms. The second-order valence-corrected chi connectivity index (χ2v) is 11.3. The maximum atomic E-state index is 7.11. The Morgan fingerprint density at radius 3 is 0.897 bits per heavy atom. The van der Waals surface area contributed by atoms with E-state index < -0.39 is 16.9 Å². The van der Waals surface area contributed by atoms with Crippen LogP contribution in [0.15, 0.2) is 121 Å². The average Bonchev–Trinajstić information content (AvgIpc) is 3.27. The smallest absolute Gasteiger partial charge is 0.164 e. The summed E-state index contributed by atoms with van der Waals surface area (Å²) in [5.74, 6) is -0.815. The monoisotopic (exact) mass is 520 g/mol. The summed E-state index contributed by atoms with van der Waals surface area (Å²) in [7, 11) is 8.59. The Morgan fingerprint density at radius 2 is 0.692 bits per heavy atom. The van der Waals surface area contributed by atoms with Crippen LogP contribution in [0.3, 0.4) is 0 Å². The molecule has 2 atom stereocenters. The molecule has 1 saturated heterocycles. The third kappa shape index (κ3) is 4.52. The van der Waals surface area contributed by atoms with E-state index in [4.69, 9.17) is 9.47 Å². The van der Waals surface area contributed by atoms with Crippen molar-refractivity contribution in [2.75, 3.05) is 28.2 Å². The van der Waals surface area contributed by atoms with Crippen molar-refractivity contribution in [3.8, 4) is 0 Å². The number of nitrogens with zero attached hydrogens (tertiary/aromatic N) is 2. The van der Waals surface area contributed by atoms with E-state index in [1.807, 2.05) is 13.8 Å². The largest absolute Gasteiger partial charge is 0.342 e. The van der Waals surface area contributed by atoms with Crippen LogP contribution in [0.25, 0.3) is 0 Å². The van der Waals surface area contributed by atoms with Crippen molar-refractivity contribution in [2.45, 2.75) is 42.9 Å². The number of hydrogen-bond donors (Lipinski definition) is 0. The Labute approximate surface area is 233 Å². The van der Waals surface area contributed by atoms with E-state index in [0.717, 1.165) is 22.3 Å². The molecule has 4 heteroatoms. The van der Waals surface area contributed by atoms with Gasteiger partial charge < -0.3 is 9.47 Å². The fraction of sp³-hybridized carbons (Fsp3) is 0.314. The van der Waals surface area contributed by atoms with E-state index in [1.54, 1.807) is 0 Å². The topological polar surface area (TPSA) is 24.9 Å². The van der Waals surface area contributed by atoms with Crippen molar-refractivity contribution in [1.82, 2.24) is 9.80 Å². The predicted molar refractivity (Wildman–Crippen MR) is 159 cm³/mol. The summed E-state index contributed by atoms with van der Waals surface area (Å²) in [6.07, 6.45) is -0.759. The number of rotatable bonds is 8. The minimum absolute atomic E-state index is 0.380. The van der Waals surface area contributed by atoms with Gasteiger partial charge in [0, 0.05) is 0 Å². The first-order valence-corrected chi connectivity index (χ1v) is 13.7. The third-order valence-corrected chi connectivity index (χ3v) is 8.19. The first kappa shape index (κ1) is 27.3. The lowest BCUT2D eigenvalue weighted by atomic mass is 9.67. The van der Waals surface area contributed by atoms with Crippen LogP contribution in [0, 0.1) is 0 Å². The highest BCUT2D eigenvalue weighted by Gasteiger charge is 2.63. The van der Waals surface area contributed by atoms with Crippen molar-refractivity contribution >= 4 is 0 Å². The van der Waals surface area contributed by atoms with Crippen LogP contribution < -0.4 is 0 Å². The molecule has 0 aromatic heterocycles. The molecule has 0 spiro atoms. The Kier molecular flexibility index (Phi) is 7.49. The molecular formula is C35H40N2O2. The molecule has 0 saturated carbocycles. The minimum Gasteiger partial charge on any atom is -0.342 e. The van der Waals surface area contributed by atoms with Crippen LogP contribution in [0.2, 0.25) is 0 Å². The van der Waals surface area contributed by atoms with Crippen molar-refractivity contribution in [2.24, 2.45) is 0 Å². The van der Waals surface area contributed by atoms with Gasteiger partial charge in [0.1, 0.15) is 23.3 Å². The van der Waals surface area contributed by atoms with E-state index in [0.29, 0.717) is 0 Å². The molecule has 4 aromatic carbocycles. The number of ether oxygens (including phenoxy) is 2. The van der Waals surface area contributed by atoms with Gasteiger partial charge in [0.25, 0.3) is 0 Å². The van der Waals surface area contributed by atoms with Crippen molar-refractivity contribution in [1.29, 1.82) is 0 Å². The summed E-state index contributed by atoms with van der Waals surface area (Å²) in [4.78, 5) is 4.60. The van der Waals surface area contributed by atoms with Gasteiger partial charge in [-0.15, -0.1) is 0 Å². The van der Waals surface area contributed by atoms with Gasteiger partial charge in [0.2, 0.25) is 0 Å². The molecule has 0 amide bonds. The Hall–Kier alpha value is -3.28. The van der Waals surface area contributed by atoms with Crippen molar-refractivity contribution in [3.63, 3.8) is 0 Å². The summed E-state index contributed by atoms with van der Waals surface area (Å²) in [6.45, 7) is 4.07. The first-order chi connectivity index (χ1) is 18.7. The highest BCUT2D eigenvalue weighted by atomic mass is 16.8. The standard InChI is InChI=1S/C35H40N2O2/c1-33(2)38-31(34(36(3)4,27-19-11-7-12-20-27)28-21-13-8-14-22-28)32(39-33)35(37(5)6,29-23-15-9-16-24-29)30-25-17-10-18-26-30/h7-26,31-32H,1-6H3/t31-,32-/m1/s1. The zero-order valence-electron chi connectivity index (χ0n) is 23.9. The summed E-state index contributed by atoms with van der Waals surface area (Å²) in [5.41, 5.74) is 3.34. The maximum Gasteiger partial charge on any atom is 0.164 e. The van der Waals surface area contributed by atoms with Gasteiger partial charge in [-0.3, -0.25) is 9.80 Å². The van der Waals surface area contributed by atoms with E-state index in [9.17, 15) is 0 Å². The fourth-order valence-corrected chi connectivity index (χ4v) is 6.67. The molecule has 0 aliphatic carbocycles. The maximum absolute atomic E-state index is 7.11. The fourth-order valence-electron chi connectivity index (χ4n) is 6.67. The summed E-state index contributed by atoms with van der Waals surface area (Å²) < 4.78 is 14.2. The summed E-state index contributed by atoms with van der Waals surface area (Å²) >= 11 is 0. The van der Waals surface area contributed by atoms with Crippen LogP contribution in [0.5, 0.6) is 0 Å². The predicted octanol–water partition coefficient (Wildman–Crippen LogP) is 6.52. The van der Waals surface area contributed by atoms with Crippen LogP contribution in [0.4, 0.5) is 0 Å². The second kappa shape index (κ2) is 10.7. The van der Waals surface area contributed by atoms with Gasteiger partial charge in [0.15, 0.2) is 5.79 Å². The molecule has 1 aliphatic heterocycles. The average molecular weight is 521 g/mol. The van der Waals surface area contributed by atoms with Gasteiger partial charge in [-0.05, 0) is 64.3 Å². The molecule has 5 rings (SSSR count). The van der Waals surface area contributed by atoms with E-state index in [2.05, 4.69) is 159 Å². The molecule has 0 unspecified atom stereocenters. The van der Waals surface area contributed by atoms with E-state index >= 15 is 0 Å². The Morgan fingerprint density at radius 1 is 0.462 bits per heavy atom. The normalized spacial score (nSPS) is 19.5. The molecule has 0 radical (unpaired) electrons. The van der Waals surface area contributed by atoms with Gasteiger partial charge in [0.05, 0.1) is 0 Å². The van der Waals surface area contributed by atoms with Crippen LogP contribution >= 0.6 is 0 Å². The summed E-state index contributed by atoms with van der Waals surface area (Å²) in [6, 6.07) is 42.8. The Balaban J connectivity index is 1.87. The van der Waals surface area contributed by atoms with Crippen molar-refractivity contribution < 1.29 is 9.47 Å². The second-order valence-electron chi connectivity index (χ2n) is 11.3. The van der Waals surface area contributed by atoms with Gasteiger partial charge in [-0.25, -0.2) is 0 Å². The minimum atomic E-state index is -0.815. The van der Waals surface area contributed by atoms with Gasteiger partial charge in [-0.1, -0.05) is 121 Å². The number of benzene rings is 4. The molecule has 4 nitrogen and oxygen atoms in total. The first-order valence-electron chi connectivity index (χ1n) is 13.7. The van der Waals surface area contributed by atoms with Gasteiger partial charge in [-0.2, -0.15) is 0 Å². The summed E-state index contributed by atoms with van der Waals surface area (Å²) in [5, 5.41) is 0. The van der Waals surface area contributed by atoms with Crippen molar-refractivity contribution in [3.05, 3.63) is 144 Å². The molecule has 1 aliphatic rings. The lowest BCUT2D eigenvalue weighted by molar-refractivity contribution is -0.162. The zero-order chi connectivity index (χ0) is 27.7. The van der Waals surface area contributed by atoms with Gasteiger partial charge >= 0.3 is 0 Å². The molecular weight excluding hydrogens is 480 g/mol. The third-order valence-electron chi connectivity index (χ3n) is 8.19. The van der Waals surface area contributed by atoms with E-state index in [-0.39, 0.29) is 12.2 Å². The quantitative estimate of drug-likeness (QED) is 0.264. The molecule has 202 valence electrons. The highest BCUT2D eigenvalue weighted by Crippen LogP contribution is 2.53. The zero-order valence-corrected chi connectivity index (χ0v) is 23.9.